The molecule has 0 radical (unpaired) electrons. The maximum absolute atomic E-state index is 13.1. The summed E-state index contributed by atoms with van der Waals surface area (Å²) in [5, 5.41) is 5.97. The Balaban J connectivity index is 2.09. The van der Waals surface area contributed by atoms with Crippen molar-refractivity contribution in [3.63, 3.8) is 0 Å². The van der Waals surface area contributed by atoms with Gasteiger partial charge in [-0.25, -0.2) is 4.39 Å². The van der Waals surface area contributed by atoms with Crippen molar-refractivity contribution in [3.8, 4) is 0 Å². The van der Waals surface area contributed by atoms with E-state index in [1.54, 1.807) is 7.11 Å². The lowest BCUT2D eigenvalue weighted by Crippen LogP contribution is -2.43. The van der Waals surface area contributed by atoms with E-state index >= 15 is 0 Å². The molecule has 1 aliphatic heterocycles. The summed E-state index contributed by atoms with van der Waals surface area (Å²) < 4.78 is 18.9. The Morgan fingerprint density at radius 2 is 2.33 bits per heavy atom. The average Bonchev–Trinajstić information content (AvgIpc) is 2.79. The summed E-state index contributed by atoms with van der Waals surface area (Å²) in [6.45, 7) is 1.35. The molecule has 1 saturated heterocycles. The van der Waals surface area contributed by atoms with Gasteiger partial charge in [0.15, 0.2) is 0 Å². The highest BCUT2D eigenvalue weighted by atomic mass is 79.9. The molecule has 4 nitrogen and oxygen atoms in total. The molecule has 1 amide bonds. The van der Waals surface area contributed by atoms with E-state index in [-0.39, 0.29) is 23.6 Å². The van der Waals surface area contributed by atoms with E-state index in [2.05, 4.69) is 26.6 Å². The standard InChI is InChI=1S/C12H14BrFN2O2/c1-18-11-6-15-5-10(11)16-12(17)8-4-7(14)2-3-9(8)13/h2-4,10-11,15H,5-6H2,1H3,(H,16,17)/t10?,11-/m0/s1. The molecule has 1 aliphatic rings. The quantitative estimate of drug-likeness (QED) is 0.884. The van der Waals surface area contributed by atoms with Gasteiger partial charge >= 0.3 is 0 Å². The second-order valence-electron chi connectivity index (χ2n) is 4.14. The molecular formula is C12H14BrFN2O2. The van der Waals surface area contributed by atoms with Crippen molar-refractivity contribution >= 4 is 21.8 Å². The molecule has 1 aromatic rings. The molecule has 2 N–H and O–H groups in total. The molecule has 6 heteroatoms. The number of carbonyl (C=O) groups excluding carboxylic acids is 1. The van der Waals surface area contributed by atoms with E-state index in [0.717, 1.165) is 0 Å². The van der Waals surface area contributed by atoms with Crippen molar-refractivity contribution in [1.29, 1.82) is 0 Å². The van der Waals surface area contributed by atoms with E-state index in [0.29, 0.717) is 17.6 Å². The lowest BCUT2D eigenvalue weighted by atomic mass is 10.1. The highest BCUT2D eigenvalue weighted by Gasteiger charge is 2.28. The summed E-state index contributed by atoms with van der Waals surface area (Å²) in [5.74, 6) is -0.742. The monoisotopic (exact) mass is 316 g/mol. The molecule has 0 bridgehead atoms. The zero-order valence-electron chi connectivity index (χ0n) is 9.87. The van der Waals surface area contributed by atoms with Gasteiger partial charge in [-0.1, -0.05) is 0 Å². The third-order valence-corrected chi connectivity index (χ3v) is 3.64. The fourth-order valence-corrected chi connectivity index (χ4v) is 2.39. The van der Waals surface area contributed by atoms with E-state index < -0.39 is 5.82 Å². The van der Waals surface area contributed by atoms with Crippen LogP contribution in [-0.2, 0) is 4.74 Å². The largest absolute Gasteiger partial charge is 0.378 e. The molecule has 0 aromatic heterocycles. The molecule has 2 atom stereocenters. The summed E-state index contributed by atoms with van der Waals surface area (Å²) in [6, 6.07) is 3.93. The minimum absolute atomic E-state index is 0.0544. The normalized spacial score (nSPS) is 23.1. The van der Waals surface area contributed by atoms with Crippen LogP contribution in [0, 0.1) is 5.82 Å². The molecule has 98 valence electrons. The lowest BCUT2D eigenvalue weighted by molar-refractivity contribution is 0.0779. The van der Waals surface area contributed by atoms with Gasteiger partial charge in [0, 0.05) is 24.7 Å². The molecule has 2 rings (SSSR count). The number of amides is 1. The van der Waals surface area contributed by atoms with Crippen LogP contribution in [0.2, 0.25) is 0 Å². The molecule has 18 heavy (non-hydrogen) atoms. The highest BCUT2D eigenvalue weighted by Crippen LogP contribution is 2.18. The molecular weight excluding hydrogens is 303 g/mol. The van der Waals surface area contributed by atoms with Gasteiger partial charge in [-0.15, -0.1) is 0 Å². The van der Waals surface area contributed by atoms with Crippen molar-refractivity contribution in [1.82, 2.24) is 10.6 Å². The van der Waals surface area contributed by atoms with Crippen molar-refractivity contribution in [2.45, 2.75) is 12.1 Å². The van der Waals surface area contributed by atoms with Gasteiger partial charge in [0.05, 0.1) is 17.7 Å². The first-order valence-electron chi connectivity index (χ1n) is 5.61. The Kier molecular flexibility index (Phi) is 4.31. The Hall–Kier alpha value is -0.980. The number of nitrogens with one attached hydrogen (secondary N) is 2. The maximum atomic E-state index is 13.1. The second kappa shape index (κ2) is 5.77. The van der Waals surface area contributed by atoms with Gasteiger partial charge in [-0.05, 0) is 34.1 Å². The fraction of sp³-hybridized carbons (Fsp3) is 0.417. The number of benzene rings is 1. The Morgan fingerprint density at radius 3 is 3.06 bits per heavy atom. The van der Waals surface area contributed by atoms with Crippen LogP contribution in [0.15, 0.2) is 22.7 Å². The first-order chi connectivity index (χ1) is 8.61. The van der Waals surface area contributed by atoms with Crippen LogP contribution in [-0.4, -0.2) is 38.3 Å². The number of rotatable bonds is 3. The van der Waals surface area contributed by atoms with Crippen LogP contribution in [0.25, 0.3) is 0 Å². The summed E-state index contributed by atoms with van der Waals surface area (Å²) >= 11 is 3.24. The van der Waals surface area contributed by atoms with Gasteiger partial charge in [0.2, 0.25) is 0 Å². The van der Waals surface area contributed by atoms with Gasteiger partial charge < -0.3 is 15.4 Å². The molecule has 0 aliphatic carbocycles. The van der Waals surface area contributed by atoms with Crippen molar-refractivity contribution in [3.05, 3.63) is 34.1 Å². The Morgan fingerprint density at radius 1 is 1.56 bits per heavy atom. The van der Waals surface area contributed by atoms with E-state index in [1.165, 1.54) is 18.2 Å². The second-order valence-corrected chi connectivity index (χ2v) is 4.99. The van der Waals surface area contributed by atoms with Crippen LogP contribution in [0.1, 0.15) is 10.4 Å². The topological polar surface area (TPSA) is 50.4 Å². The van der Waals surface area contributed by atoms with Crippen molar-refractivity contribution < 1.29 is 13.9 Å². The van der Waals surface area contributed by atoms with Crippen LogP contribution in [0.3, 0.4) is 0 Å². The van der Waals surface area contributed by atoms with Crippen LogP contribution in [0.5, 0.6) is 0 Å². The minimum Gasteiger partial charge on any atom is -0.378 e. The van der Waals surface area contributed by atoms with Gasteiger partial charge in [0.1, 0.15) is 5.82 Å². The molecule has 0 spiro atoms. The fourth-order valence-electron chi connectivity index (χ4n) is 1.96. The minimum atomic E-state index is -0.434. The molecule has 1 unspecified atom stereocenters. The number of carbonyl (C=O) groups is 1. The SMILES string of the molecule is CO[C@H]1CNCC1NC(=O)c1cc(F)ccc1Br. The van der Waals surface area contributed by atoms with Crippen LogP contribution in [0.4, 0.5) is 4.39 Å². The Bertz CT molecular complexity index is 456. The van der Waals surface area contributed by atoms with Crippen molar-refractivity contribution in [2.24, 2.45) is 0 Å². The van der Waals surface area contributed by atoms with Gasteiger partial charge in [-0.2, -0.15) is 0 Å². The number of methoxy groups -OCH3 is 1. The van der Waals surface area contributed by atoms with Crippen LogP contribution >= 0.6 is 15.9 Å². The first kappa shape index (κ1) is 13.5. The van der Waals surface area contributed by atoms with Crippen LogP contribution < -0.4 is 10.6 Å². The molecule has 1 aromatic carbocycles. The zero-order chi connectivity index (χ0) is 13.1. The number of ether oxygens (including phenoxy) is 1. The third-order valence-electron chi connectivity index (χ3n) is 2.95. The molecule has 1 heterocycles. The summed E-state index contributed by atoms with van der Waals surface area (Å²) in [7, 11) is 1.61. The maximum Gasteiger partial charge on any atom is 0.252 e. The lowest BCUT2D eigenvalue weighted by Gasteiger charge is -2.18. The van der Waals surface area contributed by atoms with E-state index in [9.17, 15) is 9.18 Å². The number of hydrogen-bond acceptors (Lipinski definition) is 3. The number of hydrogen-bond donors (Lipinski definition) is 2. The predicted octanol–water partition coefficient (Wildman–Crippen LogP) is 1.30. The summed E-state index contributed by atoms with van der Waals surface area (Å²) in [5.41, 5.74) is 0.289. The highest BCUT2D eigenvalue weighted by molar-refractivity contribution is 9.10. The van der Waals surface area contributed by atoms with Gasteiger partial charge in [-0.3, -0.25) is 4.79 Å². The first-order valence-corrected chi connectivity index (χ1v) is 6.40. The predicted molar refractivity (Wildman–Crippen MR) is 69.0 cm³/mol. The van der Waals surface area contributed by atoms with Crippen molar-refractivity contribution in [2.75, 3.05) is 20.2 Å². The Labute approximate surface area is 113 Å². The third kappa shape index (κ3) is 2.88. The smallest absolute Gasteiger partial charge is 0.252 e. The number of halogens is 2. The summed E-state index contributed by atoms with van der Waals surface area (Å²) in [4.78, 5) is 12.0. The van der Waals surface area contributed by atoms with E-state index in [4.69, 9.17) is 4.74 Å². The summed E-state index contributed by atoms with van der Waals surface area (Å²) in [6.07, 6.45) is -0.0544. The average molecular weight is 317 g/mol. The zero-order valence-corrected chi connectivity index (χ0v) is 11.5. The molecule has 0 saturated carbocycles. The molecule has 1 fully saturated rings. The van der Waals surface area contributed by atoms with E-state index in [1.807, 2.05) is 0 Å². The van der Waals surface area contributed by atoms with Gasteiger partial charge in [0.25, 0.3) is 5.91 Å².